The van der Waals surface area contributed by atoms with Crippen LogP contribution in [0.15, 0.2) is 23.1 Å². The number of ether oxygens (including phenoxy) is 1. The highest BCUT2D eigenvalue weighted by molar-refractivity contribution is 5.86. The second kappa shape index (κ2) is 5.29. The Morgan fingerprint density at radius 3 is 2.80 bits per heavy atom. The number of fused-ring (bicyclic) bond motifs is 1. The van der Waals surface area contributed by atoms with E-state index in [1.54, 1.807) is 6.20 Å². The van der Waals surface area contributed by atoms with Crippen LogP contribution in [0.2, 0.25) is 0 Å². The number of piperidine rings is 1. The molecule has 0 bridgehead atoms. The van der Waals surface area contributed by atoms with Crippen molar-refractivity contribution in [2.24, 2.45) is 0 Å². The Morgan fingerprint density at radius 2 is 2.05 bits per heavy atom. The van der Waals surface area contributed by atoms with Gasteiger partial charge in [0, 0.05) is 18.1 Å². The highest BCUT2D eigenvalue weighted by Gasteiger charge is 2.16. The average molecular weight is 272 g/mol. The topological polar surface area (TPSA) is 54.1 Å². The number of benzene rings is 1. The Morgan fingerprint density at radius 1 is 1.20 bits per heavy atom. The van der Waals surface area contributed by atoms with Gasteiger partial charge in [-0.15, -0.1) is 0 Å². The first-order chi connectivity index (χ1) is 9.65. The molecule has 4 nitrogen and oxygen atoms in total. The molecule has 2 aromatic rings. The van der Waals surface area contributed by atoms with Gasteiger partial charge in [0.25, 0.3) is 5.56 Å². The molecule has 4 heteroatoms. The molecule has 0 aliphatic carbocycles. The van der Waals surface area contributed by atoms with Gasteiger partial charge in [0.05, 0.1) is 0 Å². The van der Waals surface area contributed by atoms with Crippen LogP contribution >= 0.6 is 0 Å². The first-order valence-corrected chi connectivity index (χ1v) is 7.15. The van der Waals surface area contributed by atoms with Crippen LogP contribution in [0.25, 0.3) is 10.8 Å². The van der Waals surface area contributed by atoms with Gasteiger partial charge in [0.1, 0.15) is 11.9 Å². The Labute approximate surface area is 118 Å². The quantitative estimate of drug-likeness (QED) is 0.882. The van der Waals surface area contributed by atoms with Gasteiger partial charge < -0.3 is 15.0 Å². The van der Waals surface area contributed by atoms with Crippen molar-refractivity contribution in [3.8, 4) is 5.75 Å². The number of pyridine rings is 1. The summed E-state index contributed by atoms with van der Waals surface area (Å²) in [5.74, 6) is 0.889. The van der Waals surface area contributed by atoms with Gasteiger partial charge in [0.15, 0.2) is 0 Å². The number of rotatable bonds is 2. The molecule has 20 heavy (non-hydrogen) atoms. The van der Waals surface area contributed by atoms with Crippen LogP contribution in [-0.4, -0.2) is 24.2 Å². The Kier molecular flexibility index (Phi) is 3.49. The van der Waals surface area contributed by atoms with E-state index in [-0.39, 0.29) is 11.7 Å². The van der Waals surface area contributed by atoms with E-state index in [1.807, 2.05) is 26.0 Å². The standard InChI is InChI=1S/C16H20N2O2/c1-10-6-14-13(11(2)8-18-16(14)19)7-15(10)20-12-4-3-5-17-9-12/h6-8,12,17H,3-5,9H2,1-2H3,(H,18,19)/t12-/m1/s1. The molecule has 0 spiro atoms. The lowest BCUT2D eigenvalue weighted by atomic mass is 10.0. The zero-order chi connectivity index (χ0) is 14.1. The maximum Gasteiger partial charge on any atom is 0.255 e. The highest BCUT2D eigenvalue weighted by Crippen LogP contribution is 2.27. The van der Waals surface area contributed by atoms with Gasteiger partial charge in [0.2, 0.25) is 0 Å². The van der Waals surface area contributed by atoms with Crippen molar-refractivity contribution in [3.63, 3.8) is 0 Å². The van der Waals surface area contributed by atoms with E-state index in [2.05, 4.69) is 10.3 Å². The molecule has 2 N–H and O–H groups in total. The van der Waals surface area contributed by atoms with E-state index in [4.69, 9.17) is 4.74 Å². The van der Waals surface area contributed by atoms with Crippen LogP contribution in [0.5, 0.6) is 5.75 Å². The highest BCUT2D eigenvalue weighted by atomic mass is 16.5. The first kappa shape index (κ1) is 13.2. The summed E-state index contributed by atoms with van der Waals surface area (Å²) in [7, 11) is 0. The third-order valence-electron chi connectivity index (χ3n) is 3.95. The van der Waals surface area contributed by atoms with E-state index in [0.717, 1.165) is 53.6 Å². The van der Waals surface area contributed by atoms with Gasteiger partial charge in [-0.2, -0.15) is 0 Å². The third-order valence-corrected chi connectivity index (χ3v) is 3.95. The minimum absolute atomic E-state index is 0.0421. The molecular weight excluding hydrogens is 252 g/mol. The fraction of sp³-hybridized carbons (Fsp3) is 0.438. The largest absolute Gasteiger partial charge is 0.489 e. The molecule has 1 atom stereocenters. The van der Waals surface area contributed by atoms with Gasteiger partial charge in [-0.1, -0.05) is 0 Å². The zero-order valence-electron chi connectivity index (χ0n) is 12.0. The molecule has 1 aliphatic heterocycles. The molecule has 2 heterocycles. The number of aryl methyl sites for hydroxylation is 2. The fourth-order valence-corrected chi connectivity index (χ4v) is 2.76. The fourth-order valence-electron chi connectivity index (χ4n) is 2.76. The zero-order valence-corrected chi connectivity index (χ0v) is 12.0. The summed E-state index contributed by atoms with van der Waals surface area (Å²) in [6.45, 7) is 5.96. The predicted octanol–water partition coefficient (Wildman–Crippen LogP) is 2.28. The molecule has 1 saturated heterocycles. The number of hydrogen-bond donors (Lipinski definition) is 2. The van der Waals surface area contributed by atoms with Gasteiger partial charge in [-0.05, 0) is 61.9 Å². The average Bonchev–Trinajstić information content (AvgIpc) is 2.46. The maximum absolute atomic E-state index is 11.9. The lowest BCUT2D eigenvalue weighted by Crippen LogP contribution is -2.37. The Bertz CT molecular complexity index is 685. The summed E-state index contributed by atoms with van der Waals surface area (Å²) in [6.07, 6.45) is 4.21. The van der Waals surface area contributed by atoms with E-state index in [0.29, 0.717) is 0 Å². The molecular formula is C16H20N2O2. The molecule has 1 aromatic heterocycles. The number of hydrogen-bond acceptors (Lipinski definition) is 3. The lowest BCUT2D eigenvalue weighted by molar-refractivity contribution is 0.166. The van der Waals surface area contributed by atoms with Gasteiger partial charge in [-0.25, -0.2) is 0 Å². The second-order valence-electron chi connectivity index (χ2n) is 5.55. The predicted molar refractivity (Wildman–Crippen MR) is 80.6 cm³/mol. The van der Waals surface area contributed by atoms with Crippen molar-refractivity contribution in [1.29, 1.82) is 0 Å². The molecule has 1 aliphatic rings. The van der Waals surface area contributed by atoms with E-state index < -0.39 is 0 Å². The minimum Gasteiger partial charge on any atom is -0.489 e. The van der Waals surface area contributed by atoms with E-state index in [9.17, 15) is 4.79 Å². The molecule has 3 rings (SSSR count). The summed E-state index contributed by atoms with van der Waals surface area (Å²) in [4.78, 5) is 14.6. The van der Waals surface area contributed by atoms with Crippen LogP contribution < -0.4 is 15.6 Å². The SMILES string of the molecule is Cc1cc2c(=O)[nH]cc(C)c2cc1O[C@@H]1CCCNC1. The first-order valence-electron chi connectivity index (χ1n) is 7.15. The van der Waals surface area contributed by atoms with E-state index >= 15 is 0 Å². The Balaban J connectivity index is 2.01. The van der Waals surface area contributed by atoms with Crippen LogP contribution in [-0.2, 0) is 0 Å². The molecule has 1 aromatic carbocycles. The Hall–Kier alpha value is -1.81. The monoisotopic (exact) mass is 272 g/mol. The van der Waals surface area contributed by atoms with Crippen molar-refractivity contribution in [1.82, 2.24) is 10.3 Å². The maximum atomic E-state index is 11.9. The van der Waals surface area contributed by atoms with Crippen LogP contribution in [0, 0.1) is 13.8 Å². The van der Waals surface area contributed by atoms with Crippen LogP contribution in [0.4, 0.5) is 0 Å². The third kappa shape index (κ3) is 2.43. The number of H-pyrrole nitrogens is 1. The number of nitrogens with one attached hydrogen (secondary N) is 2. The lowest BCUT2D eigenvalue weighted by Gasteiger charge is -2.25. The van der Waals surface area contributed by atoms with Crippen molar-refractivity contribution in [2.45, 2.75) is 32.8 Å². The summed E-state index contributed by atoms with van der Waals surface area (Å²) < 4.78 is 6.11. The summed E-state index contributed by atoms with van der Waals surface area (Å²) >= 11 is 0. The number of aromatic amines is 1. The molecule has 0 radical (unpaired) electrons. The molecule has 106 valence electrons. The summed E-state index contributed by atoms with van der Waals surface area (Å²) in [6, 6.07) is 3.93. The van der Waals surface area contributed by atoms with Gasteiger partial charge >= 0.3 is 0 Å². The van der Waals surface area contributed by atoms with Crippen molar-refractivity contribution in [3.05, 3.63) is 39.8 Å². The minimum atomic E-state index is -0.0421. The molecule has 0 saturated carbocycles. The van der Waals surface area contributed by atoms with Gasteiger partial charge in [-0.3, -0.25) is 4.79 Å². The van der Waals surface area contributed by atoms with E-state index in [1.165, 1.54) is 0 Å². The molecule has 1 fully saturated rings. The van der Waals surface area contributed by atoms with Crippen molar-refractivity contribution in [2.75, 3.05) is 13.1 Å². The van der Waals surface area contributed by atoms with Crippen LogP contribution in [0.3, 0.4) is 0 Å². The summed E-state index contributed by atoms with van der Waals surface area (Å²) in [5.41, 5.74) is 2.03. The normalized spacial score (nSPS) is 19.2. The van der Waals surface area contributed by atoms with Crippen LogP contribution in [0.1, 0.15) is 24.0 Å². The smallest absolute Gasteiger partial charge is 0.255 e. The number of aromatic nitrogens is 1. The summed E-state index contributed by atoms with van der Waals surface area (Å²) in [5, 5.41) is 5.06. The second-order valence-corrected chi connectivity index (χ2v) is 5.55. The molecule has 0 unspecified atom stereocenters. The van der Waals surface area contributed by atoms with Crippen molar-refractivity contribution >= 4 is 10.8 Å². The molecule has 0 amide bonds. The van der Waals surface area contributed by atoms with Crippen molar-refractivity contribution < 1.29 is 4.74 Å².